The van der Waals surface area contributed by atoms with Crippen molar-refractivity contribution in [2.45, 2.75) is 19.8 Å². The van der Waals surface area contributed by atoms with Crippen molar-refractivity contribution in [3.8, 4) is 0 Å². The van der Waals surface area contributed by atoms with Crippen LogP contribution in [0.1, 0.15) is 19.8 Å². The first-order chi connectivity index (χ1) is 7.09. The Morgan fingerprint density at radius 1 is 1.60 bits per heavy atom. The smallest absolute Gasteiger partial charge is 0.341 e. The molecule has 6 heteroatoms. The van der Waals surface area contributed by atoms with Gasteiger partial charge in [-0.1, -0.05) is 6.92 Å². The number of nitrogens with one attached hydrogen (secondary N) is 1. The van der Waals surface area contributed by atoms with Gasteiger partial charge < -0.3 is 10.0 Å². The SMILES string of the molecule is CC1CCCN(C(=O)NOCC(=O)O)C1. The van der Waals surface area contributed by atoms with Gasteiger partial charge in [-0.15, -0.1) is 0 Å². The zero-order chi connectivity index (χ0) is 11.3. The highest BCUT2D eigenvalue weighted by molar-refractivity contribution is 5.73. The molecule has 1 heterocycles. The zero-order valence-corrected chi connectivity index (χ0v) is 8.73. The number of carboxylic acids is 1. The molecule has 1 aliphatic heterocycles. The van der Waals surface area contributed by atoms with Crippen molar-refractivity contribution < 1.29 is 19.5 Å². The van der Waals surface area contributed by atoms with Crippen LogP contribution in [0.3, 0.4) is 0 Å². The quantitative estimate of drug-likeness (QED) is 0.671. The highest BCUT2D eigenvalue weighted by atomic mass is 16.7. The molecule has 0 aromatic rings. The Kier molecular flexibility index (Phi) is 4.36. The van der Waals surface area contributed by atoms with E-state index in [0.29, 0.717) is 19.0 Å². The van der Waals surface area contributed by atoms with Gasteiger partial charge >= 0.3 is 12.0 Å². The maximum Gasteiger partial charge on any atom is 0.341 e. The number of hydroxylamine groups is 1. The average Bonchev–Trinajstić information content (AvgIpc) is 2.17. The number of nitrogens with zero attached hydrogens (tertiary/aromatic N) is 1. The minimum absolute atomic E-state index is 0.359. The first-order valence-electron chi connectivity index (χ1n) is 4.98. The molecular weight excluding hydrogens is 200 g/mol. The number of piperidine rings is 1. The Labute approximate surface area is 88.1 Å². The van der Waals surface area contributed by atoms with E-state index < -0.39 is 12.6 Å². The minimum atomic E-state index is -1.11. The molecule has 2 N–H and O–H groups in total. The summed E-state index contributed by atoms with van der Waals surface area (Å²) in [7, 11) is 0. The van der Waals surface area contributed by atoms with E-state index in [0.717, 1.165) is 12.8 Å². The van der Waals surface area contributed by atoms with Crippen molar-refractivity contribution in [2.24, 2.45) is 5.92 Å². The number of aliphatic carboxylic acids is 1. The molecule has 1 unspecified atom stereocenters. The summed E-state index contributed by atoms with van der Waals surface area (Å²) in [4.78, 5) is 27.7. The van der Waals surface area contributed by atoms with E-state index in [9.17, 15) is 9.59 Å². The third-order valence-corrected chi connectivity index (χ3v) is 2.30. The minimum Gasteiger partial charge on any atom is -0.479 e. The molecule has 1 aliphatic rings. The lowest BCUT2D eigenvalue weighted by atomic mass is 10.0. The van der Waals surface area contributed by atoms with Crippen LogP contribution in [0.15, 0.2) is 0 Å². The summed E-state index contributed by atoms with van der Waals surface area (Å²) in [6.07, 6.45) is 2.10. The number of likely N-dealkylation sites (tertiary alicyclic amines) is 1. The van der Waals surface area contributed by atoms with Crippen molar-refractivity contribution in [3.63, 3.8) is 0 Å². The number of carboxylic acid groups (broad SMARTS) is 1. The number of urea groups is 1. The van der Waals surface area contributed by atoms with E-state index in [2.05, 4.69) is 17.2 Å². The molecule has 1 saturated heterocycles. The average molecular weight is 216 g/mol. The van der Waals surface area contributed by atoms with Gasteiger partial charge in [0.2, 0.25) is 0 Å². The number of rotatable bonds is 3. The fourth-order valence-electron chi connectivity index (χ4n) is 1.60. The lowest BCUT2D eigenvalue weighted by Gasteiger charge is -2.30. The molecule has 15 heavy (non-hydrogen) atoms. The summed E-state index contributed by atoms with van der Waals surface area (Å²) in [5.41, 5.74) is 2.11. The van der Waals surface area contributed by atoms with Crippen molar-refractivity contribution in [2.75, 3.05) is 19.7 Å². The zero-order valence-electron chi connectivity index (χ0n) is 8.73. The molecule has 0 aliphatic carbocycles. The lowest BCUT2D eigenvalue weighted by Crippen LogP contribution is -2.45. The number of carbonyl (C=O) groups is 2. The van der Waals surface area contributed by atoms with E-state index in [1.54, 1.807) is 4.90 Å². The summed E-state index contributed by atoms with van der Waals surface area (Å²) in [6.45, 7) is 2.96. The van der Waals surface area contributed by atoms with Crippen molar-refractivity contribution >= 4 is 12.0 Å². The second-order valence-electron chi connectivity index (χ2n) is 3.78. The van der Waals surface area contributed by atoms with Gasteiger partial charge in [-0.25, -0.2) is 15.1 Å². The Hall–Kier alpha value is -1.30. The molecule has 2 amide bonds. The summed E-state index contributed by atoms with van der Waals surface area (Å²) in [6, 6.07) is -0.359. The van der Waals surface area contributed by atoms with E-state index >= 15 is 0 Å². The fourth-order valence-corrected chi connectivity index (χ4v) is 1.60. The molecule has 0 spiro atoms. The summed E-state index contributed by atoms with van der Waals surface area (Å²) in [5, 5.41) is 8.29. The molecule has 1 rings (SSSR count). The monoisotopic (exact) mass is 216 g/mol. The van der Waals surface area contributed by atoms with Crippen LogP contribution in [-0.2, 0) is 9.63 Å². The Balaban J connectivity index is 2.24. The van der Waals surface area contributed by atoms with Crippen LogP contribution in [0.4, 0.5) is 4.79 Å². The van der Waals surface area contributed by atoms with Crippen LogP contribution >= 0.6 is 0 Å². The molecule has 0 aromatic carbocycles. The molecule has 0 bridgehead atoms. The maximum atomic E-state index is 11.4. The van der Waals surface area contributed by atoms with Crippen LogP contribution in [0.25, 0.3) is 0 Å². The van der Waals surface area contributed by atoms with Gasteiger partial charge in [0.15, 0.2) is 6.61 Å². The lowest BCUT2D eigenvalue weighted by molar-refractivity contribution is -0.144. The third-order valence-electron chi connectivity index (χ3n) is 2.30. The van der Waals surface area contributed by atoms with Crippen molar-refractivity contribution in [1.29, 1.82) is 0 Å². The van der Waals surface area contributed by atoms with E-state index in [1.807, 2.05) is 0 Å². The van der Waals surface area contributed by atoms with Gasteiger partial charge in [-0.3, -0.25) is 4.84 Å². The highest BCUT2D eigenvalue weighted by Gasteiger charge is 2.20. The first-order valence-corrected chi connectivity index (χ1v) is 4.98. The van der Waals surface area contributed by atoms with Crippen LogP contribution in [0.5, 0.6) is 0 Å². The van der Waals surface area contributed by atoms with Crippen LogP contribution in [0.2, 0.25) is 0 Å². The first kappa shape index (κ1) is 11.8. The van der Waals surface area contributed by atoms with Gasteiger partial charge in [-0.2, -0.15) is 0 Å². The highest BCUT2D eigenvalue weighted by Crippen LogP contribution is 2.14. The second kappa shape index (κ2) is 5.55. The summed E-state index contributed by atoms with van der Waals surface area (Å²) >= 11 is 0. The molecule has 0 aromatic heterocycles. The van der Waals surface area contributed by atoms with E-state index in [4.69, 9.17) is 5.11 Å². The Bertz CT molecular complexity index is 244. The normalized spacial score (nSPS) is 21.1. The standard InChI is InChI=1S/C9H16N2O4/c1-7-3-2-4-11(5-7)9(14)10-15-6-8(12)13/h7H,2-6H2,1H3,(H,10,14)(H,12,13). The molecule has 6 nitrogen and oxygen atoms in total. The summed E-state index contributed by atoms with van der Waals surface area (Å²) < 4.78 is 0. The number of carbonyl (C=O) groups excluding carboxylic acids is 1. The summed E-state index contributed by atoms with van der Waals surface area (Å²) in [5.74, 6) is -0.619. The fraction of sp³-hybridized carbons (Fsp3) is 0.778. The van der Waals surface area contributed by atoms with Gasteiger partial charge in [0.05, 0.1) is 0 Å². The van der Waals surface area contributed by atoms with Crippen molar-refractivity contribution in [1.82, 2.24) is 10.4 Å². The molecule has 86 valence electrons. The third kappa shape index (κ3) is 4.16. The van der Waals surface area contributed by atoms with Gasteiger partial charge in [-0.05, 0) is 18.8 Å². The van der Waals surface area contributed by atoms with Gasteiger partial charge in [0.25, 0.3) is 0 Å². The topological polar surface area (TPSA) is 78.9 Å². The maximum absolute atomic E-state index is 11.4. The predicted octanol–water partition coefficient (Wildman–Crippen LogP) is 0.444. The van der Waals surface area contributed by atoms with Gasteiger partial charge in [0, 0.05) is 13.1 Å². The van der Waals surface area contributed by atoms with Crippen LogP contribution in [-0.4, -0.2) is 41.7 Å². The molecule has 1 fully saturated rings. The van der Waals surface area contributed by atoms with Crippen molar-refractivity contribution in [3.05, 3.63) is 0 Å². The predicted molar refractivity (Wildman–Crippen MR) is 52.1 cm³/mol. The number of amides is 2. The van der Waals surface area contributed by atoms with E-state index in [-0.39, 0.29) is 6.03 Å². The molecule has 0 saturated carbocycles. The molecule has 1 atom stereocenters. The van der Waals surface area contributed by atoms with E-state index in [1.165, 1.54) is 0 Å². The number of hydrogen-bond donors (Lipinski definition) is 2. The Morgan fingerprint density at radius 2 is 2.33 bits per heavy atom. The largest absolute Gasteiger partial charge is 0.479 e. The van der Waals surface area contributed by atoms with Crippen LogP contribution < -0.4 is 5.48 Å². The number of hydrogen-bond acceptors (Lipinski definition) is 3. The molecular formula is C9H16N2O4. The van der Waals surface area contributed by atoms with Gasteiger partial charge in [0.1, 0.15) is 0 Å². The van der Waals surface area contributed by atoms with Crippen LogP contribution in [0, 0.1) is 5.92 Å². The second-order valence-corrected chi connectivity index (χ2v) is 3.78. The molecule has 0 radical (unpaired) electrons. The Morgan fingerprint density at radius 3 is 2.93 bits per heavy atom.